The van der Waals surface area contributed by atoms with Gasteiger partial charge in [0.1, 0.15) is 18.1 Å². The fourth-order valence-corrected chi connectivity index (χ4v) is 3.11. The molecule has 0 aliphatic rings. The van der Waals surface area contributed by atoms with Crippen molar-refractivity contribution < 1.29 is 24.3 Å². The van der Waals surface area contributed by atoms with Crippen molar-refractivity contribution in [3.63, 3.8) is 0 Å². The topological polar surface area (TPSA) is 305 Å². The number of hydrogen-bond donors (Lipinski definition) is 10. The Morgan fingerprint density at radius 1 is 0.730 bits per heavy atom. The summed E-state index contributed by atoms with van der Waals surface area (Å²) in [5.41, 5.74) is 32.6. The summed E-state index contributed by atoms with van der Waals surface area (Å²) >= 11 is 0. The van der Waals surface area contributed by atoms with Crippen molar-refractivity contribution in [1.29, 1.82) is 0 Å². The third-order valence-corrected chi connectivity index (χ3v) is 5.19. The van der Waals surface area contributed by atoms with Crippen LogP contribution in [0.1, 0.15) is 51.9 Å². The summed E-state index contributed by atoms with van der Waals surface area (Å²) in [6.45, 7) is 2.19. The molecular formula is C21H43N11O5. The summed E-state index contributed by atoms with van der Waals surface area (Å²) in [6.07, 6.45) is 2.58. The molecule has 0 heterocycles. The lowest BCUT2D eigenvalue weighted by atomic mass is 10.0. The first-order valence-corrected chi connectivity index (χ1v) is 12.1. The van der Waals surface area contributed by atoms with Crippen molar-refractivity contribution in [3.05, 3.63) is 0 Å². The molecule has 4 atom stereocenters. The zero-order valence-electron chi connectivity index (χ0n) is 21.3. The summed E-state index contributed by atoms with van der Waals surface area (Å²) in [6, 6.07) is -4.17. The van der Waals surface area contributed by atoms with E-state index in [4.69, 9.17) is 39.5 Å². The van der Waals surface area contributed by atoms with Gasteiger partial charge in [0.2, 0.25) is 17.7 Å². The number of unbranched alkanes of at least 4 members (excludes halogenated alkanes) is 1. The molecule has 16 heteroatoms. The number of nitrogens with two attached hydrogens (primary N) is 6. The molecule has 0 spiro atoms. The van der Waals surface area contributed by atoms with Crippen LogP contribution in [0.25, 0.3) is 0 Å². The Balaban J connectivity index is 5.39. The predicted octanol–water partition coefficient (Wildman–Crippen LogP) is -3.89. The van der Waals surface area contributed by atoms with Crippen LogP contribution in [0.2, 0.25) is 0 Å². The third kappa shape index (κ3) is 15.8. The van der Waals surface area contributed by atoms with Gasteiger partial charge in [0.15, 0.2) is 11.9 Å². The van der Waals surface area contributed by atoms with Gasteiger partial charge in [0, 0.05) is 13.1 Å². The van der Waals surface area contributed by atoms with Crippen LogP contribution >= 0.6 is 0 Å². The van der Waals surface area contributed by atoms with Crippen molar-refractivity contribution in [2.75, 3.05) is 19.6 Å². The molecule has 0 saturated carbocycles. The molecule has 4 unspecified atom stereocenters. The van der Waals surface area contributed by atoms with E-state index in [9.17, 15) is 19.2 Å². The van der Waals surface area contributed by atoms with Crippen LogP contribution in [-0.2, 0) is 19.2 Å². The van der Waals surface area contributed by atoms with E-state index in [1.807, 2.05) is 0 Å². The number of rotatable bonds is 19. The Kier molecular flexibility index (Phi) is 16.7. The highest BCUT2D eigenvalue weighted by molar-refractivity contribution is 5.94. The second-order valence-electron chi connectivity index (χ2n) is 8.48. The first kappa shape index (κ1) is 33.3. The molecule has 0 aliphatic carbocycles. The number of carbonyl (C=O) groups is 4. The summed E-state index contributed by atoms with van der Waals surface area (Å²) in [5.74, 6) is -3.30. The lowest BCUT2D eigenvalue weighted by molar-refractivity contribution is -0.141. The highest BCUT2D eigenvalue weighted by Crippen LogP contribution is 2.06. The van der Waals surface area contributed by atoms with Crippen molar-refractivity contribution in [3.8, 4) is 0 Å². The Hall–Kier alpha value is -3.66. The highest BCUT2D eigenvalue weighted by atomic mass is 16.4. The quantitative estimate of drug-likeness (QED) is 0.0438. The number of nitrogens with zero attached hydrogens (tertiary/aromatic N) is 2. The minimum absolute atomic E-state index is 0.0655. The van der Waals surface area contributed by atoms with E-state index in [1.165, 1.54) is 6.92 Å². The van der Waals surface area contributed by atoms with Gasteiger partial charge in [0.25, 0.3) is 0 Å². The number of guanidine groups is 2. The van der Waals surface area contributed by atoms with E-state index in [-0.39, 0.29) is 37.7 Å². The normalized spacial score (nSPS) is 13.8. The van der Waals surface area contributed by atoms with E-state index < -0.39 is 47.9 Å². The highest BCUT2D eigenvalue weighted by Gasteiger charge is 2.29. The fraction of sp³-hybridized carbons (Fsp3) is 0.714. The number of aliphatic imine (C=N–C) groups is 2. The van der Waals surface area contributed by atoms with Gasteiger partial charge in [-0.3, -0.25) is 29.2 Å². The summed E-state index contributed by atoms with van der Waals surface area (Å²) in [7, 11) is 0. The number of nitrogens with one attached hydrogen (secondary N) is 3. The SMILES string of the molecule is CC(NC(=O)C(CCCN=C(N)N)NC(=O)C(CCCCN)NC(=O)C(N)CCCN=C(N)N)C(=O)O. The average Bonchev–Trinajstić information content (AvgIpc) is 2.82. The smallest absolute Gasteiger partial charge is 0.325 e. The van der Waals surface area contributed by atoms with Crippen LogP contribution in [-0.4, -0.2) is 84.5 Å². The first-order chi connectivity index (χ1) is 17.4. The maximum Gasteiger partial charge on any atom is 0.325 e. The molecular weight excluding hydrogens is 486 g/mol. The van der Waals surface area contributed by atoms with Gasteiger partial charge in [-0.2, -0.15) is 0 Å². The molecule has 0 rings (SSSR count). The molecule has 0 aromatic carbocycles. The lowest BCUT2D eigenvalue weighted by Crippen LogP contribution is -2.56. The lowest BCUT2D eigenvalue weighted by Gasteiger charge is -2.25. The minimum Gasteiger partial charge on any atom is -0.480 e. The first-order valence-electron chi connectivity index (χ1n) is 12.1. The van der Waals surface area contributed by atoms with Gasteiger partial charge in [0.05, 0.1) is 6.04 Å². The molecule has 16 nitrogen and oxygen atoms in total. The van der Waals surface area contributed by atoms with Crippen molar-refractivity contribution in [1.82, 2.24) is 16.0 Å². The van der Waals surface area contributed by atoms with Crippen molar-refractivity contribution in [2.24, 2.45) is 44.4 Å². The fourth-order valence-electron chi connectivity index (χ4n) is 3.11. The standard InChI is InChI=1S/C21H43N11O5/c1-12(19(36)37)30-17(34)15(8-5-11-29-21(26)27)32-18(35)14(7-2-3-9-22)31-16(33)13(23)6-4-10-28-20(24)25/h12-15H,2-11,22-23H2,1H3,(H,30,34)(H,31,33)(H,32,35)(H,36,37)(H4,24,25,28)(H4,26,27,29). The van der Waals surface area contributed by atoms with Gasteiger partial charge in [-0.05, 0) is 58.4 Å². The molecule has 16 N–H and O–H groups in total. The molecule has 0 aromatic rings. The van der Waals surface area contributed by atoms with Gasteiger partial charge in [-0.25, -0.2) is 0 Å². The van der Waals surface area contributed by atoms with Gasteiger partial charge < -0.3 is 55.5 Å². The maximum atomic E-state index is 13.1. The number of hydrogen-bond acceptors (Lipinski definition) is 8. The van der Waals surface area contributed by atoms with E-state index in [2.05, 4.69) is 25.9 Å². The zero-order valence-corrected chi connectivity index (χ0v) is 21.3. The third-order valence-electron chi connectivity index (χ3n) is 5.19. The molecule has 0 bridgehead atoms. The zero-order chi connectivity index (χ0) is 28.4. The summed E-state index contributed by atoms with van der Waals surface area (Å²) in [5, 5.41) is 16.7. The number of carboxylic acid groups (broad SMARTS) is 1. The number of carbonyl (C=O) groups excluding carboxylic acids is 3. The number of carboxylic acids is 1. The molecule has 0 fully saturated rings. The average molecular weight is 530 g/mol. The van der Waals surface area contributed by atoms with Crippen LogP contribution in [0.15, 0.2) is 9.98 Å². The Morgan fingerprint density at radius 3 is 1.68 bits per heavy atom. The Morgan fingerprint density at radius 2 is 1.19 bits per heavy atom. The van der Waals surface area contributed by atoms with Crippen molar-refractivity contribution in [2.45, 2.75) is 76.0 Å². The summed E-state index contributed by atoms with van der Waals surface area (Å²) in [4.78, 5) is 57.2. The largest absolute Gasteiger partial charge is 0.480 e. The number of aliphatic carboxylic acids is 1. The minimum atomic E-state index is -1.24. The number of amides is 3. The van der Waals surface area contributed by atoms with Gasteiger partial charge in [-0.1, -0.05) is 0 Å². The van der Waals surface area contributed by atoms with E-state index >= 15 is 0 Å². The molecule has 3 amide bonds. The molecule has 37 heavy (non-hydrogen) atoms. The second-order valence-corrected chi connectivity index (χ2v) is 8.48. The van der Waals surface area contributed by atoms with Gasteiger partial charge in [-0.15, -0.1) is 0 Å². The Bertz CT molecular complexity index is 798. The molecule has 0 aromatic heterocycles. The molecule has 212 valence electrons. The maximum absolute atomic E-state index is 13.1. The van der Waals surface area contributed by atoms with Crippen LogP contribution in [0.5, 0.6) is 0 Å². The van der Waals surface area contributed by atoms with E-state index in [1.54, 1.807) is 0 Å². The molecule has 0 aliphatic heterocycles. The van der Waals surface area contributed by atoms with Gasteiger partial charge >= 0.3 is 5.97 Å². The van der Waals surface area contributed by atoms with Crippen LogP contribution in [0.4, 0.5) is 0 Å². The summed E-state index contributed by atoms with van der Waals surface area (Å²) < 4.78 is 0. The second kappa shape index (κ2) is 18.6. The Labute approximate surface area is 216 Å². The van der Waals surface area contributed by atoms with Crippen LogP contribution in [0, 0.1) is 0 Å². The van der Waals surface area contributed by atoms with E-state index in [0.717, 1.165) is 0 Å². The van der Waals surface area contributed by atoms with Crippen molar-refractivity contribution >= 4 is 35.6 Å². The molecule has 0 saturated heterocycles. The van der Waals surface area contributed by atoms with Crippen LogP contribution in [0.3, 0.4) is 0 Å². The monoisotopic (exact) mass is 529 g/mol. The van der Waals surface area contributed by atoms with Crippen LogP contribution < -0.4 is 50.4 Å². The molecule has 0 radical (unpaired) electrons. The predicted molar refractivity (Wildman–Crippen MR) is 140 cm³/mol. The van der Waals surface area contributed by atoms with E-state index in [0.29, 0.717) is 38.8 Å².